The SMILES string of the molecule is CS(C)=O.O=C(OCc1ccccc1)c1ccccc1. The van der Waals surface area contributed by atoms with Crippen molar-refractivity contribution in [1.29, 1.82) is 0 Å². The monoisotopic (exact) mass is 290 g/mol. The first kappa shape index (κ1) is 16.1. The van der Waals surface area contributed by atoms with Crippen LogP contribution in [0.25, 0.3) is 0 Å². The third kappa shape index (κ3) is 6.85. The first-order chi connectivity index (χ1) is 9.59. The molecule has 0 aliphatic rings. The number of rotatable bonds is 3. The van der Waals surface area contributed by atoms with E-state index >= 15 is 0 Å². The number of esters is 1. The number of carbonyl (C=O) groups excluding carboxylic acids is 1. The predicted octanol–water partition coefficient (Wildman–Crippen LogP) is 3.04. The van der Waals surface area contributed by atoms with Crippen LogP contribution in [-0.4, -0.2) is 22.7 Å². The van der Waals surface area contributed by atoms with E-state index in [2.05, 4.69) is 0 Å². The largest absolute Gasteiger partial charge is 0.457 e. The van der Waals surface area contributed by atoms with Crippen LogP contribution < -0.4 is 0 Å². The van der Waals surface area contributed by atoms with Gasteiger partial charge < -0.3 is 4.74 Å². The summed E-state index contributed by atoms with van der Waals surface area (Å²) in [5.41, 5.74) is 1.57. The van der Waals surface area contributed by atoms with E-state index in [1.54, 1.807) is 24.6 Å². The molecule has 0 N–H and O–H groups in total. The lowest BCUT2D eigenvalue weighted by molar-refractivity contribution is 0.0472. The number of hydrogen-bond acceptors (Lipinski definition) is 3. The van der Waals surface area contributed by atoms with Crippen LogP contribution in [0.3, 0.4) is 0 Å². The second-order valence-electron chi connectivity index (χ2n) is 4.17. The van der Waals surface area contributed by atoms with Gasteiger partial charge in [-0.3, -0.25) is 4.21 Å². The molecule has 0 radical (unpaired) electrons. The Morgan fingerprint density at radius 1 is 0.950 bits per heavy atom. The van der Waals surface area contributed by atoms with Crippen molar-refractivity contribution in [2.45, 2.75) is 6.61 Å². The number of benzene rings is 2. The molecule has 0 fully saturated rings. The topological polar surface area (TPSA) is 43.4 Å². The minimum Gasteiger partial charge on any atom is -0.457 e. The molecule has 0 aliphatic carbocycles. The molecule has 0 saturated carbocycles. The summed E-state index contributed by atoms with van der Waals surface area (Å²) < 4.78 is 14.7. The molecule has 0 aromatic heterocycles. The average Bonchev–Trinajstić information content (AvgIpc) is 2.46. The van der Waals surface area contributed by atoms with Crippen LogP contribution >= 0.6 is 0 Å². The zero-order chi connectivity index (χ0) is 14.8. The van der Waals surface area contributed by atoms with E-state index in [4.69, 9.17) is 4.74 Å². The molecule has 0 bridgehead atoms. The van der Waals surface area contributed by atoms with Crippen LogP contribution in [0.15, 0.2) is 60.7 Å². The first-order valence-electron chi connectivity index (χ1n) is 6.11. The van der Waals surface area contributed by atoms with Crippen molar-refractivity contribution in [3.8, 4) is 0 Å². The quantitative estimate of drug-likeness (QED) is 0.816. The minimum atomic E-state index is -0.611. The molecule has 2 aromatic rings. The molecule has 106 valence electrons. The zero-order valence-corrected chi connectivity index (χ0v) is 12.4. The number of hydrogen-bond donors (Lipinski definition) is 0. The minimum absolute atomic E-state index is 0.288. The maximum absolute atomic E-state index is 11.6. The molecule has 2 aromatic carbocycles. The van der Waals surface area contributed by atoms with Gasteiger partial charge in [0.25, 0.3) is 0 Å². The summed E-state index contributed by atoms with van der Waals surface area (Å²) in [5.74, 6) is -0.288. The Balaban J connectivity index is 0.000000444. The fourth-order valence-corrected chi connectivity index (χ4v) is 1.38. The van der Waals surface area contributed by atoms with Gasteiger partial charge in [-0.05, 0) is 17.7 Å². The molecule has 0 heterocycles. The van der Waals surface area contributed by atoms with Crippen molar-refractivity contribution >= 4 is 16.8 Å². The second-order valence-corrected chi connectivity index (χ2v) is 5.65. The van der Waals surface area contributed by atoms with E-state index in [0.717, 1.165) is 5.56 Å². The molecule has 20 heavy (non-hydrogen) atoms. The van der Waals surface area contributed by atoms with Gasteiger partial charge >= 0.3 is 5.97 Å². The van der Waals surface area contributed by atoms with E-state index < -0.39 is 10.8 Å². The van der Waals surface area contributed by atoms with Crippen LogP contribution in [-0.2, 0) is 22.1 Å². The standard InChI is InChI=1S/C14H12O2.C2H6OS/c15-14(13-9-5-2-6-10-13)16-11-12-7-3-1-4-8-12;1-4(2)3/h1-10H,11H2;1-2H3. The average molecular weight is 290 g/mol. The Hall–Kier alpha value is -1.94. The Kier molecular flexibility index (Phi) is 7.29. The van der Waals surface area contributed by atoms with Crippen molar-refractivity contribution < 1.29 is 13.7 Å². The lowest BCUT2D eigenvalue weighted by atomic mass is 10.2. The van der Waals surface area contributed by atoms with Crippen LogP contribution in [0.2, 0.25) is 0 Å². The van der Waals surface area contributed by atoms with E-state index in [9.17, 15) is 9.00 Å². The maximum atomic E-state index is 11.6. The van der Waals surface area contributed by atoms with Crippen molar-refractivity contribution in [3.63, 3.8) is 0 Å². The lowest BCUT2D eigenvalue weighted by Gasteiger charge is -2.04. The molecule has 2 rings (SSSR count). The third-order valence-corrected chi connectivity index (χ3v) is 2.22. The maximum Gasteiger partial charge on any atom is 0.338 e. The molecular formula is C16H18O3S. The van der Waals surface area contributed by atoms with Gasteiger partial charge in [0, 0.05) is 23.3 Å². The Bertz CT molecular complexity index is 534. The normalized spacial score (nSPS) is 9.55. The highest BCUT2D eigenvalue weighted by Crippen LogP contribution is 2.05. The first-order valence-corrected chi connectivity index (χ1v) is 8.07. The molecule has 0 unspecified atom stereocenters. The fourth-order valence-electron chi connectivity index (χ4n) is 1.38. The second kappa shape index (κ2) is 9.04. The van der Waals surface area contributed by atoms with E-state index in [-0.39, 0.29) is 5.97 Å². The Labute approximate surface area is 122 Å². The lowest BCUT2D eigenvalue weighted by Crippen LogP contribution is -2.04. The van der Waals surface area contributed by atoms with E-state index in [1.807, 2.05) is 48.5 Å². The smallest absolute Gasteiger partial charge is 0.338 e. The number of ether oxygens (including phenoxy) is 1. The van der Waals surface area contributed by atoms with Crippen LogP contribution in [0, 0.1) is 0 Å². The summed E-state index contributed by atoms with van der Waals surface area (Å²) in [6.45, 7) is 0.314. The molecule has 0 aliphatic heterocycles. The molecule has 0 atom stereocenters. The highest BCUT2D eigenvalue weighted by Gasteiger charge is 2.05. The summed E-state index contributed by atoms with van der Waals surface area (Å²) in [7, 11) is -0.611. The molecular weight excluding hydrogens is 272 g/mol. The van der Waals surface area contributed by atoms with Crippen LogP contribution in [0.1, 0.15) is 15.9 Å². The van der Waals surface area contributed by atoms with Gasteiger partial charge in [-0.25, -0.2) is 4.79 Å². The van der Waals surface area contributed by atoms with Gasteiger partial charge in [0.2, 0.25) is 0 Å². The molecule has 0 amide bonds. The summed E-state index contributed by atoms with van der Waals surface area (Å²) in [4.78, 5) is 11.6. The zero-order valence-electron chi connectivity index (χ0n) is 11.6. The van der Waals surface area contributed by atoms with Crippen molar-refractivity contribution in [2.24, 2.45) is 0 Å². The Morgan fingerprint density at radius 2 is 1.40 bits per heavy atom. The van der Waals surface area contributed by atoms with Gasteiger partial charge in [0.1, 0.15) is 6.61 Å². The highest BCUT2D eigenvalue weighted by molar-refractivity contribution is 7.83. The summed E-state index contributed by atoms with van der Waals surface area (Å²) in [6.07, 6.45) is 3.28. The molecule has 4 heteroatoms. The number of carbonyl (C=O) groups is 1. The van der Waals surface area contributed by atoms with Gasteiger partial charge in [-0.2, -0.15) is 0 Å². The van der Waals surface area contributed by atoms with Crippen LogP contribution in [0.4, 0.5) is 0 Å². The van der Waals surface area contributed by atoms with Gasteiger partial charge in [0.05, 0.1) is 5.56 Å². The fraction of sp³-hybridized carbons (Fsp3) is 0.188. The van der Waals surface area contributed by atoms with Gasteiger partial charge in [-0.15, -0.1) is 0 Å². The summed E-state index contributed by atoms with van der Waals surface area (Å²) >= 11 is 0. The van der Waals surface area contributed by atoms with Gasteiger partial charge in [-0.1, -0.05) is 48.5 Å². The van der Waals surface area contributed by atoms with Crippen molar-refractivity contribution in [1.82, 2.24) is 0 Å². The molecule has 0 spiro atoms. The summed E-state index contributed by atoms with van der Waals surface area (Å²) in [5, 5.41) is 0. The molecule has 3 nitrogen and oxygen atoms in total. The third-order valence-electron chi connectivity index (χ3n) is 2.22. The van der Waals surface area contributed by atoms with Crippen LogP contribution in [0.5, 0.6) is 0 Å². The van der Waals surface area contributed by atoms with E-state index in [1.165, 1.54) is 0 Å². The molecule has 0 saturated heterocycles. The highest BCUT2D eigenvalue weighted by atomic mass is 32.2. The predicted molar refractivity (Wildman–Crippen MR) is 82.0 cm³/mol. The van der Waals surface area contributed by atoms with Crippen molar-refractivity contribution in [3.05, 3.63) is 71.8 Å². The summed E-state index contributed by atoms with van der Waals surface area (Å²) in [6, 6.07) is 18.6. The van der Waals surface area contributed by atoms with Gasteiger partial charge in [0.15, 0.2) is 0 Å². The Morgan fingerprint density at radius 3 is 1.90 bits per heavy atom. The van der Waals surface area contributed by atoms with Crippen molar-refractivity contribution in [2.75, 3.05) is 12.5 Å². The van der Waals surface area contributed by atoms with E-state index in [0.29, 0.717) is 12.2 Å².